The van der Waals surface area contributed by atoms with Crippen LogP contribution in [0, 0.1) is 11.3 Å². The number of nitrogens with zero attached hydrogens (tertiary/aromatic N) is 4. The van der Waals surface area contributed by atoms with Gasteiger partial charge in [0.25, 0.3) is 0 Å². The van der Waals surface area contributed by atoms with Crippen molar-refractivity contribution in [3.63, 3.8) is 0 Å². The van der Waals surface area contributed by atoms with Gasteiger partial charge in [-0.25, -0.2) is 13.4 Å². The van der Waals surface area contributed by atoms with Crippen LogP contribution in [0.1, 0.15) is 42.5 Å². The molecule has 4 N–H and O–H groups in total. The molecule has 1 atom stereocenters. The molecule has 2 aromatic heterocycles. The second-order valence-corrected chi connectivity index (χ2v) is 9.89. The van der Waals surface area contributed by atoms with E-state index in [2.05, 4.69) is 26.8 Å². The van der Waals surface area contributed by atoms with Gasteiger partial charge in [-0.2, -0.15) is 14.9 Å². The third-order valence-corrected chi connectivity index (χ3v) is 5.68. The number of hydrogen-bond acceptors (Lipinski definition) is 8. The van der Waals surface area contributed by atoms with Crippen molar-refractivity contribution in [2.75, 3.05) is 16.9 Å². The lowest BCUT2D eigenvalue weighted by molar-refractivity contribution is 0.600. The number of aromatic nitrogens is 3. The number of anilines is 3. The smallest absolute Gasteiger partial charge is 0.177 e. The fraction of sp³-hybridized carbons (Fsp3) is 0.350. The van der Waals surface area contributed by atoms with Gasteiger partial charge in [0.2, 0.25) is 0 Å². The second kappa shape index (κ2) is 7.59. The molecule has 2 heterocycles. The van der Waals surface area contributed by atoms with Crippen LogP contribution in [-0.4, -0.2) is 35.3 Å². The Morgan fingerprint density at radius 2 is 2.13 bits per heavy atom. The zero-order valence-electron chi connectivity index (χ0n) is 16.8. The van der Waals surface area contributed by atoms with E-state index < -0.39 is 9.84 Å². The minimum Gasteiger partial charge on any atom is -0.367 e. The summed E-state index contributed by atoms with van der Waals surface area (Å²) < 4.78 is 25.3. The van der Waals surface area contributed by atoms with E-state index in [-0.39, 0.29) is 11.8 Å². The Morgan fingerprint density at radius 3 is 2.77 bits per heavy atom. The van der Waals surface area contributed by atoms with Crippen molar-refractivity contribution in [1.29, 1.82) is 5.26 Å². The fourth-order valence-electron chi connectivity index (χ4n) is 3.33. The second-order valence-electron chi connectivity index (χ2n) is 7.75. The normalized spacial score (nSPS) is 15.0. The summed E-state index contributed by atoms with van der Waals surface area (Å²) in [6.07, 6.45) is 4.87. The molecule has 0 unspecified atom stereocenters. The summed E-state index contributed by atoms with van der Waals surface area (Å²) in [6, 6.07) is 9.49. The molecule has 1 aliphatic rings. The minimum absolute atomic E-state index is 0.0957. The van der Waals surface area contributed by atoms with E-state index in [0.29, 0.717) is 34.3 Å². The number of hydrogen-bond donors (Lipinski definition) is 3. The maximum Gasteiger partial charge on any atom is 0.177 e. The SMILES string of the molecule is C[C@@H](N)c1ccc(Nc2cc(NC3CC3)n3ncc(C#N)c3n2)cc1CS(C)(=O)=O. The molecule has 1 saturated carbocycles. The van der Waals surface area contributed by atoms with Gasteiger partial charge in [-0.15, -0.1) is 0 Å². The molecule has 30 heavy (non-hydrogen) atoms. The van der Waals surface area contributed by atoms with Crippen molar-refractivity contribution >= 4 is 32.8 Å². The third kappa shape index (κ3) is 4.37. The number of benzene rings is 1. The predicted octanol–water partition coefficient (Wildman–Crippen LogP) is 2.48. The maximum atomic E-state index is 11.9. The molecule has 9 nitrogen and oxygen atoms in total. The number of rotatable bonds is 7. The van der Waals surface area contributed by atoms with Gasteiger partial charge in [0.15, 0.2) is 15.5 Å². The van der Waals surface area contributed by atoms with Crippen LogP contribution < -0.4 is 16.4 Å². The molecule has 1 aliphatic carbocycles. The van der Waals surface area contributed by atoms with E-state index in [1.807, 2.05) is 25.1 Å². The minimum atomic E-state index is -3.22. The van der Waals surface area contributed by atoms with Gasteiger partial charge in [0.1, 0.15) is 23.3 Å². The lowest BCUT2D eigenvalue weighted by Crippen LogP contribution is -2.12. The van der Waals surface area contributed by atoms with Crippen LogP contribution >= 0.6 is 0 Å². The van der Waals surface area contributed by atoms with Crippen molar-refractivity contribution in [1.82, 2.24) is 14.6 Å². The van der Waals surface area contributed by atoms with Crippen molar-refractivity contribution in [3.8, 4) is 6.07 Å². The van der Waals surface area contributed by atoms with Crippen molar-refractivity contribution in [2.24, 2.45) is 5.73 Å². The highest BCUT2D eigenvalue weighted by Gasteiger charge is 2.23. The van der Waals surface area contributed by atoms with E-state index >= 15 is 0 Å². The molecule has 1 aromatic carbocycles. The molecule has 0 amide bonds. The summed E-state index contributed by atoms with van der Waals surface area (Å²) in [4.78, 5) is 4.54. The first kappa shape index (κ1) is 20.1. The average Bonchev–Trinajstić information content (AvgIpc) is 3.37. The summed E-state index contributed by atoms with van der Waals surface area (Å²) in [5.41, 5.74) is 8.97. The monoisotopic (exact) mass is 425 g/mol. The summed E-state index contributed by atoms with van der Waals surface area (Å²) in [5, 5.41) is 20.3. The Hall–Kier alpha value is -3.16. The van der Waals surface area contributed by atoms with Crippen molar-refractivity contribution < 1.29 is 8.42 Å². The highest BCUT2D eigenvalue weighted by Crippen LogP contribution is 2.29. The van der Waals surface area contributed by atoms with Crippen LogP contribution in [-0.2, 0) is 15.6 Å². The number of sulfone groups is 1. The highest BCUT2D eigenvalue weighted by molar-refractivity contribution is 7.89. The molecule has 10 heteroatoms. The summed E-state index contributed by atoms with van der Waals surface area (Å²) in [5.74, 6) is 1.18. The summed E-state index contributed by atoms with van der Waals surface area (Å²) in [6.45, 7) is 1.82. The Kier molecular flexibility index (Phi) is 5.09. The topological polar surface area (TPSA) is 138 Å². The quantitative estimate of drug-likeness (QED) is 0.525. The number of nitrogens with one attached hydrogen (secondary N) is 2. The predicted molar refractivity (Wildman–Crippen MR) is 115 cm³/mol. The molecule has 0 aliphatic heterocycles. The summed E-state index contributed by atoms with van der Waals surface area (Å²) in [7, 11) is -3.22. The van der Waals surface area contributed by atoms with Crippen molar-refractivity contribution in [3.05, 3.63) is 47.2 Å². The van der Waals surface area contributed by atoms with Gasteiger partial charge in [0, 0.05) is 30.1 Å². The number of fused-ring (bicyclic) bond motifs is 1. The molecule has 156 valence electrons. The van der Waals surface area contributed by atoms with Crippen LogP contribution in [0.4, 0.5) is 17.3 Å². The molecule has 4 rings (SSSR count). The van der Waals surface area contributed by atoms with Crippen LogP contribution in [0.25, 0.3) is 5.65 Å². The molecular formula is C20H23N7O2S. The third-order valence-electron chi connectivity index (χ3n) is 4.85. The van der Waals surface area contributed by atoms with Crippen LogP contribution in [0.3, 0.4) is 0 Å². The van der Waals surface area contributed by atoms with Gasteiger partial charge < -0.3 is 16.4 Å². The molecule has 0 spiro atoms. The molecule has 0 saturated heterocycles. The maximum absolute atomic E-state index is 11.9. The molecule has 1 fully saturated rings. The highest BCUT2D eigenvalue weighted by atomic mass is 32.2. The number of nitrogens with two attached hydrogens (primary N) is 1. The Balaban J connectivity index is 1.73. The van der Waals surface area contributed by atoms with E-state index in [1.165, 1.54) is 12.5 Å². The first-order chi connectivity index (χ1) is 14.2. The average molecular weight is 426 g/mol. The number of nitriles is 1. The van der Waals surface area contributed by atoms with Crippen LogP contribution in [0.5, 0.6) is 0 Å². The van der Waals surface area contributed by atoms with Crippen LogP contribution in [0.2, 0.25) is 0 Å². The lowest BCUT2D eigenvalue weighted by atomic mass is 10.0. The van der Waals surface area contributed by atoms with Crippen LogP contribution in [0.15, 0.2) is 30.5 Å². The van der Waals surface area contributed by atoms with E-state index in [0.717, 1.165) is 24.2 Å². The van der Waals surface area contributed by atoms with Crippen molar-refractivity contribution in [2.45, 2.75) is 37.6 Å². The first-order valence-corrected chi connectivity index (χ1v) is 11.7. The Bertz CT molecular complexity index is 1250. The zero-order chi connectivity index (χ0) is 21.5. The van der Waals surface area contributed by atoms with E-state index in [9.17, 15) is 13.7 Å². The standard InChI is InChI=1S/C20H23N7O2S/c1-12(22)17-6-5-16(7-13(17)11-30(2,28)29)24-18-8-19(25-15-3-4-15)27-20(26-18)14(9-21)10-23-27/h5-8,10,12,15,25H,3-4,11,22H2,1-2H3,(H,24,26)/t12-/m1/s1. The summed E-state index contributed by atoms with van der Waals surface area (Å²) >= 11 is 0. The van der Waals surface area contributed by atoms with E-state index in [1.54, 1.807) is 10.6 Å². The molecular weight excluding hydrogens is 402 g/mol. The largest absolute Gasteiger partial charge is 0.367 e. The molecule has 0 radical (unpaired) electrons. The van der Waals surface area contributed by atoms with Gasteiger partial charge in [-0.1, -0.05) is 6.07 Å². The molecule has 0 bridgehead atoms. The van der Waals surface area contributed by atoms with Gasteiger partial charge in [-0.05, 0) is 43.0 Å². The lowest BCUT2D eigenvalue weighted by Gasteiger charge is -2.16. The Labute approximate surface area is 174 Å². The zero-order valence-corrected chi connectivity index (χ0v) is 17.6. The molecule has 3 aromatic rings. The van der Waals surface area contributed by atoms with Gasteiger partial charge in [-0.3, -0.25) is 0 Å². The van der Waals surface area contributed by atoms with Gasteiger partial charge >= 0.3 is 0 Å². The fourth-order valence-corrected chi connectivity index (χ4v) is 4.14. The first-order valence-electron chi connectivity index (χ1n) is 9.62. The Morgan fingerprint density at radius 1 is 1.37 bits per heavy atom. The van der Waals surface area contributed by atoms with E-state index in [4.69, 9.17) is 5.73 Å². The van der Waals surface area contributed by atoms with Gasteiger partial charge in [0.05, 0.1) is 11.9 Å².